The number of aromatic nitrogens is 3. The van der Waals surface area contributed by atoms with E-state index in [1.165, 1.54) is 6.07 Å². The Hall–Kier alpha value is -2.15. The van der Waals surface area contributed by atoms with Crippen molar-refractivity contribution in [1.29, 1.82) is 0 Å². The van der Waals surface area contributed by atoms with E-state index in [1.807, 2.05) is 12.1 Å². The molecule has 0 aliphatic heterocycles. The maximum absolute atomic E-state index is 10.7. The van der Waals surface area contributed by atoms with E-state index in [0.717, 1.165) is 21.1 Å². The highest BCUT2D eigenvalue weighted by Gasteiger charge is 2.13. The third-order valence-corrected chi connectivity index (χ3v) is 3.13. The molecule has 0 fully saturated rings. The van der Waals surface area contributed by atoms with Gasteiger partial charge >= 0.3 is 5.97 Å². The highest BCUT2D eigenvalue weighted by molar-refractivity contribution is 9.10. The molecule has 0 saturated heterocycles. The molecule has 0 amide bonds. The van der Waals surface area contributed by atoms with Crippen LogP contribution in [0.1, 0.15) is 10.6 Å². The minimum atomic E-state index is -1.14. The third-order valence-electron chi connectivity index (χ3n) is 2.52. The average Bonchev–Trinajstić information content (AvgIpc) is 2.96. The summed E-state index contributed by atoms with van der Waals surface area (Å²) in [6, 6.07) is 6.87. The molecule has 7 heteroatoms. The number of aromatic amines is 1. The van der Waals surface area contributed by atoms with Gasteiger partial charge in [0.1, 0.15) is 10.3 Å². The first-order chi connectivity index (χ1) is 8.65. The predicted molar refractivity (Wildman–Crippen MR) is 66.2 cm³/mol. The van der Waals surface area contributed by atoms with Gasteiger partial charge in [0.25, 0.3) is 0 Å². The van der Waals surface area contributed by atoms with Crippen LogP contribution in [0.5, 0.6) is 0 Å². The lowest BCUT2D eigenvalue weighted by molar-refractivity contribution is 0.0652. The summed E-state index contributed by atoms with van der Waals surface area (Å²) in [4.78, 5) is 10.7. The van der Waals surface area contributed by atoms with Gasteiger partial charge in [-0.05, 0) is 28.1 Å². The summed E-state index contributed by atoms with van der Waals surface area (Å²) < 4.78 is 5.48. The zero-order valence-electron chi connectivity index (χ0n) is 8.85. The smallest absolute Gasteiger partial charge is 0.374 e. The molecule has 3 rings (SSSR count). The van der Waals surface area contributed by atoms with E-state index in [1.54, 1.807) is 6.07 Å². The van der Waals surface area contributed by atoms with E-state index in [4.69, 9.17) is 9.63 Å². The van der Waals surface area contributed by atoms with E-state index in [0.29, 0.717) is 5.69 Å². The summed E-state index contributed by atoms with van der Waals surface area (Å²) in [5.74, 6) is -1.32. The topological polar surface area (TPSA) is 92.0 Å². The number of fused-ring (bicyclic) bond motifs is 1. The van der Waals surface area contributed by atoms with Gasteiger partial charge in [0.15, 0.2) is 0 Å². The molecule has 0 bridgehead atoms. The fraction of sp³-hybridized carbons (Fsp3) is 0. The lowest BCUT2D eigenvalue weighted by Gasteiger charge is -1.95. The summed E-state index contributed by atoms with van der Waals surface area (Å²) >= 11 is 3.35. The van der Waals surface area contributed by atoms with Gasteiger partial charge in [-0.2, -0.15) is 5.10 Å². The van der Waals surface area contributed by atoms with Gasteiger partial charge in [0.05, 0.1) is 5.52 Å². The van der Waals surface area contributed by atoms with Crippen LogP contribution in [0.3, 0.4) is 0 Å². The SMILES string of the molecule is O=C(O)c1cc(-c2ccc3n[nH]c(Br)c3c2)no1. The zero-order chi connectivity index (χ0) is 12.7. The van der Waals surface area contributed by atoms with Crippen LogP contribution in [-0.4, -0.2) is 26.4 Å². The highest BCUT2D eigenvalue weighted by atomic mass is 79.9. The van der Waals surface area contributed by atoms with Gasteiger partial charge in [0, 0.05) is 17.0 Å². The molecule has 0 saturated carbocycles. The van der Waals surface area contributed by atoms with Crippen LogP contribution >= 0.6 is 15.9 Å². The number of carboxylic acid groups (broad SMARTS) is 1. The summed E-state index contributed by atoms with van der Waals surface area (Å²) in [7, 11) is 0. The fourth-order valence-corrected chi connectivity index (χ4v) is 2.06. The number of rotatable bonds is 2. The van der Waals surface area contributed by atoms with Crippen LogP contribution in [0.25, 0.3) is 22.2 Å². The van der Waals surface area contributed by atoms with Gasteiger partial charge in [0.2, 0.25) is 5.76 Å². The van der Waals surface area contributed by atoms with Gasteiger partial charge in [-0.1, -0.05) is 11.2 Å². The van der Waals surface area contributed by atoms with Crippen molar-refractivity contribution in [2.45, 2.75) is 0 Å². The van der Waals surface area contributed by atoms with Gasteiger partial charge in [-0.15, -0.1) is 0 Å². The second kappa shape index (κ2) is 3.95. The monoisotopic (exact) mass is 307 g/mol. The molecule has 2 aromatic heterocycles. The molecule has 0 spiro atoms. The van der Waals surface area contributed by atoms with Crippen molar-refractivity contribution >= 4 is 32.8 Å². The van der Waals surface area contributed by atoms with Gasteiger partial charge < -0.3 is 9.63 Å². The summed E-state index contributed by atoms with van der Waals surface area (Å²) in [6.45, 7) is 0. The van der Waals surface area contributed by atoms with Crippen LogP contribution in [0.2, 0.25) is 0 Å². The van der Waals surface area contributed by atoms with Crippen LogP contribution < -0.4 is 0 Å². The number of carboxylic acids is 1. The lowest BCUT2D eigenvalue weighted by Crippen LogP contribution is -1.91. The molecule has 3 aromatic rings. The predicted octanol–water partition coefficient (Wildman–Crippen LogP) is 2.68. The van der Waals surface area contributed by atoms with E-state index < -0.39 is 5.97 Å². The molecule has 90 valence electrons. The number of benzene rings is 1. The van der Waals surface area contributed by atoms with Crippen LogP contribution in [0.15, 0.2) is 33.4 Å². The summed E-state index contributed by atoms with van der Waals surface area (Å²) in [5.41, 5.74) is 2.05. The average molecular weight is 308 g/mol. The van der Waals surface area contributed by atoms with Crippen LogP contribution in [0.4, 0.5) is 0 Å². The number of hydrogen-bond acceptors (Lipinski definition) is 4. The number of carbonyl (C=O) groups is 1. The van der Waals surface area contributed by atoms with Crippen molar-refractivity contribution in [3.63, 3.8) is 0 Å². The molecule has 1 aromatic carbocycles. The Morgan fingerprint density at radius 3 is 2.94 bits per heavy atom. The Morgan fingerprint density at radius 1 is 1.39 bits per heavy atom. The van der Waals surface area contributed by atoms with Gasteiger partial charge in [-0.3, -0.25) is 5.10 Å². The Kier molecular flexibility index (Phi) is 2.41. The molecule has 0 unspecified atom stereocenters. The van der Waals surface area contributed by atoms with Crippen molar-refractivity contribution in [3.05, 3.63) is 34.6 Å². The van der Waals surface area contributed by atoms with E-state index >= 15 is 0 Å². The summed E-state index contributed by atoms with van der Waals surface area (Å²) in [6.07, 6.45) is 0. The third kappa shape index (κ3) is 1.68. The van der Waals surface area contributed by atoms with Crippen molar-refractivity contribution < 1.29 is 14.4 Å². The molecule has 6 nitrogen and oxygen atoms in total. The maximum Gasteiger partial charge on any atom is 0.374 e. The number of nitrogens with one attached hydrogen (secondary N) is 1. The number of H-pyrrole nitrogens is 1. The van der Waals surface area contributed by atoms with Crippen molar-refractivity contribution in [2.24, 2.45) is 0 Å². The largest absolute Gasteiger partial charge is 0.475 e. The Morgan fingerprint density at radius 2 is 2.22 bits per heavy atom. The molecule has 0 aliphatic rings. The van der Waals surface area contributed by atoms with Crippen molar-refractivity contribution in [1.82, 2.24) is 15.4 Å². The van der Waals surface area contributed by atoms with Crippen LogP contribution in [-0.2, 0) is 0 Å². The number of halogens is 1. The molecule has 0 atom stereocenters. The first kappa shape index (κ1) is 11.0. The molecule has 18 heavy (non-hydrogen) atoms. The number of aromatic carboxylic acids is 1. The first-order valence-corrected chi connectivity index (χ1v) is 5.78. The zero-order valence-corrected chi connectivity index (χ0v) is 10.4. The van der Waals surface area contributed by atoms with E-state index in [2.05, 4.69) is 31.3 Å². The fourth-order valence-electron chi connectivity index (χ4n) is 1.65. The standard InChI is InChI=1S/C11H6BrN3O3/c12-10-6-3-5(1-2-7(6)13-14-10)8-4-9(11(16)17)18-15-8/h1-4H,(H,13,14)(H,16,17). The Balaban J connectivity index is 2.12. The lowest BCUT2D eigenvalue weighted by atomic mass is 10.1. The minimum absolute atomic E-state index is 0.184. The second-order valence-electron chi connectivity index (χ2n) is 3.65. The molecule has 0 radical (unpaired) electrons. The molecular weight excluding hydrogens is 302 g/mol. The summed E-state index contributed by atoms with van der Waals surface area (Å²) in [5, 5.41) is 20.3. The van der Waals surface area contributed by atoms with E-state index in [9.17, 15) is 4.79 Å². The molecule has 2 heterocycles. The first-order valence-electron chi connectivity index (χ1n) is 4.99. The Bertz CT molecular complexity index is 747. The van der Waals surface area contributed by atoms with E-state index in [-0.39, 0.29) is 5.76 Å². The highest BCUT2D eigenvalue weighted by Crippen LogP contribution is 2.27. The molecule has 0 aliphatic carbocycles. The second-order valence-corrected chi connectivity index (χ2v) is 4.44. The number of nitrogens with zero attached hydrogens (tertiary/aromatic N) is 2. The maximum atomic E-state index is 10.7. The normalized spacial score (nSPS) is 10.9. The van der Waals surface area contributed by atoms with Crippen molar-refractivity contribution in [3.8, 4) is 11.3 Å². The van der Waals surface area contributed by atoms with Crippen LogP contribution in [0, 0.1) is 0 Å². The van der Waals surface area contributed by atoms with Crippen molar-refractivity contribution in [2.75, 3.05) is 0 Å². The minimum Gasteiger partial charge on any atom is -0.475 e. The Labute approximate surface area is 109 Å². The molecule has 2 N–H and O–H groups in total. The van der Waals surface area contributed by atoms with Gasteiger partial charge in [-0.25, -0.2) is 4.79 Å². The quantitative estimate of drug-likeness (QED) is 0.759. The molecular formula is C11H6BrN3O3. The number of hydrogen-bond donors (Lipinski definition) is 2.